The van der Waals surface area contributed by atoms with Crippen LogP contribution >= 0.6 is 0 Å². The fraction of sp³-hybridized carbons (Fsp3) is 0.158. The fourth-order valence-electron chi connectivity index (χ4n) is 2.03. The molecule has 2 amide bonds. The monoisotopic (exact) mass is 324 g/mol. The van der Waals surface area contributed by atoms with E-state index in [1.165, 1.54) is 5.56 Å². The molecule has 0 heterocycles. The molecule has 0 spiro atoms. The normalized spacial score (nSPS) is 10.4. The van der Waals surface area contributed by atoms with Gasteiger partial charge in [-0.15, -0.1) is 0 Å². The highest BCUT2D eigenvalue weighted by Crippen LogP contribution is 2.16. The molecule has 0 atom stereocenters. The van der Waals surface area contributed by atoms with Gasteiger partial charge in [0.25, 0.3) is 0 Å². The number of para-hydroxylation sites is 1. The summed E-state index contributed by atoms with van der Waals surface area (Å²) in [4.78, 5) is 23.8. The highest BCUT2D eigenvalue weighted by atomic mass is 16.5. The van der Waals surface area contributed by atoms with Gasteiger partial charge in [-0.1, -0.05) is 42.0 Å². The lowest BCUT2D eigenvalue weighted by Crippen LogP contribution is -2.25. The van der Waals surface area contributed by atoms with Crippen molar-refractivity contribution in [3.8, 4) is 0 Å². The minimum absolute atomic E-state index is 0.276. The number of aryl methyl sites for hydroxylation is 1. The molecule has 5 heteroatoms. The molecule has 0 aromatic heterocycles. The van der Waals surface area contributed by atoms with Crippen LogP contribution in [0.3, 0.4) is 0 Å². The van der Waals surface area contributed by atoms with E-state index in [-0.39, 0.29) is 6.61 Å². The summed E-state index contributed by atoms with van der Waals surface area (Å²) in [5, 5.41) is 5.25. The Labute approximate surface area is 141 Å². The number of urea groups is 1. The van der Waals surface area contributed by atoms with E-state index in [2.05, 4.69) is 10.6 Å². The second-order valence-corrected chi connectivity index (χ2v) is 5.11. The highest BCUT2D eigenvalue weighted by Gasteiger charge is 2.13. The van der Waals surface area contributed by atoms with Crippen LogP contribution in [-0.4, -0.2) is 18.6 Å². The molecule has 2 aromatic rings. The molecule has 0 saturated heterocycles. The van der Waals surface area contributed by atoms with Gasteiger partial charge in [-0.3, -0.25) is 0 Å². The zero-order chi connectivity index (χ0) is 17.4. The van der Waals surface area contributed by atoms with E-state index >= 15 is 0 Å². The van der Waals surface area contributed by atoms with E-state index in [0.717, 1.165) is 5.56 Å². The van der Waals surface area contributed by atoms with Crippen molar-refractivity contribution >= 4 is 23.8 Å². The third-order valence-electron chi connectivity index (χ3n) is 3.24. The van der Waals surface area contributed by atoms with Crippen molar-refractivity contribution in [2.75, 3.05) is 11.9 Å². The standard InChI is InChI=1S/C19H20N2O3/c1-3-24-18(22)16-6-4-5-7-17(16)21-19(23)20-13-12-15-10-8-14(2)9-11-15/h4-13H,3H2,1-2H3,(H2,20,21,23)/b13-12+. The molecule has 2 N–H and O–H groups in total. The Morgan fingerprint density at radius 1 is 1.08 bits per heavy atom. The van der Waals surface area contributed by atoms with E-state index < -0.39 is 12.0 Å². The van der Waals surface area contributed by atoms with Crippen LogP contribution in [0, 0.1) is 6.92 Å². The summed E-state index contributed by atoms with van der Waals surface area (Å²) in [6, 6.07) is 14.2. The summed E-state index contributed by atoms with van der Waals surface area (Å²) in [5.41, 5.74) is 2.87. The molecule has 0 aliphatic heterocycles. The average molecular weight is 324 g/mol. The van der Waals surface area contributed by atoms with Crippen LogP contribution in [0.1, 0.15) is 28.4 Å². The Morgan fingerprint density at radius 3 is 2.50 bits per heavy atom. The average Bonchev–Trinajstić information content (AvgIpc) is 2.57. The molecule has 0 saturated carbocycles. The largest absolute Gasteiger partial charge is 0.462 e. The lowest BCUT2D eigenvalue weighted by molar-refractivity contribution is 0.0527. The summed E-state index contributed by atoms with van der Waals surface area (Å²) in [6.45, 7) is 4.02. The van der Waals surface area contributed by atoms with Gasteiger partial charge in [0, 0.05) is 6.20 Å². The number of nitrogens with one attached hydrogen (secondary N) is 2. The summed E-state index contributed by atoms with van der Waals surface area (Å²) >= 11 is 0. The molecular weight excluding hydrogens is 304 g/mol. The van der Waals surface area contributed by atoms with Gasteiger partial charge in [-0.2, -0.15) is 0 Å². The van der Waals surface area contributed by atoms with Crippen molar-refractivity contribution < 1.29 is 14.3 Å². The number of carbonyl (C=O) groups is 2. The fourth-order valence-corrected chi connectivity index (χ4v) is 2.03. The van der Waals surface area contributed by atoms with Crippen molar-refractivity contribution in [2.24, 2.45) is 0 Å². The van der Waals surface area contributed by atoms with Crippen LogP contribution in [0.15, 0.2) is 54.7 Å². The minimum Gasteiger partial charge on any atom is -0.462 e. The highest BCUT2D eigenvalue weighted by molar-refractivity contribution is 6.01. The number of hydrogen-bond donors (Lipinski definition) is 2. The molecule has 0 radical (unpaired) electrons. The van der Waals surface area contributed by atoms with Gasteiger partial charge in [0.15, 0.2) is 0 Å². The number of ether oxygens (including phenoxy) is 1. The molecular formula is C19H20N2O3. The number of amides is 2. The third kappa shape index (κ3) is 4.98. The zero-order valence-corrected chi connectivity index (χ0v) is 13.7. The lowest BCUT2D eigenvalue weighted by Gasteiger charge is -2.09. The number of anilines is 1. The van der Waals surface area contributed by atoms with Crippen LogP contribution in [0.25, 0.3) is 6.08 Å². The van der Waals surface area contributed by atoms with Gasteiger partial charge >= 0.3 is 12.0 Å². The number of benzene rings is 2. The Hall–Kier alpha value is -3.08. The first kappa shape index (κ1) is 17.3. The van der Waals surface area contributed by atoms with Gasteiger partial charge in [0.05, 0.1) is 17.9 Å². The number of esters is 1. The van der Waals surface area contributed by atoms with Crippen molar-refractivity contribution in [1.29, 1.82) is 0 Å². The summed E-state index contributed by atoms with van der Waals surface area (Å²) in [7, 11) is 0. The van der Waals surface area contributed by atoms with Crippen LogP contribution in [-0.2, 0) is 4.74 Å². The Morgan fingerprint density at radius 2 is 1.79 bits per heavy atom. The molecule has 0 fully saturated rings. The Kier molecular flexibility index (Phi) is 6.14. The maximum atomic E-state index is 12.0. The Balaban J connectivity index is 1.97. The smallest absolute Gasteiger partial charge is 0.340 e. The molecule has 0 bridgehead atoms. The summed E-state index contributed by atoms with van der Waals surface area (Å²) < 4.78 is 4.97. The van der Waals surface area contributed by atoms with Gasteiger partial charge < -0.3 is 15.4 Å². The van der Waals surface area contributed by atoms with Crippen molar-refractivity contribution in [2.45, 2.75) is 13.8 Å². The second-order valence-electron chi connectivity index (χ2n) is 5.11. The predicted molar refractivity (Wildman–Crippen MR) is 94.8 cm³/mol. The van der Waals surface area contributed by atoms with Crippen LogP contribution < -0.4 is 10.6 Å². The molecule has 24 heavy (non-hydrogen) atoms. The second kappa shape index (κ2) is 8.53. The predicted octanol–water partition coefficient (Wildman–Crippen LogP) is 3.96. The molecule has 2 aromatic carbocycles. The van der Waals surface area contributed by atoms with E-state index in [0.29, 0.717) is 11.3 Å². The van der Waals surface area contributed by atoms with E-state index in [4.69, 9.17) is 4.74 Å². The van der Waals surface area contributed by atoms with Gasteiger partial charge in [0.1, 0.15) is 0 Å². The molecule has 0 unspecified atom stereocenters. The third-order valence-corrected chi connectivity index (χ3v) is 3.24. The number of carbonyl (C=O) groups excluding carboxylic acids is 2. The number of hydrogen-bond acceptors (Lipinski definition) is 3. The molecule has 124 valence electrons. The van der Waals surface area contributed by atoms with Crippen molar-refractivity contribution in [3.05, 3.63) is 71.4 Å². The first-order valence-corrected chi connectivity index (χ1v) is 7.67. The maximum absolute atomic E-state index is 12.0. The van der Waals surface area contributed by atoms with Gasteiger partial charge in [0.2, 0.25) is 0 Å². The summed E-state index contributed by atoms with van der Waals surface area (Å²) in [5.74, 6) is -0.469. The molecule has 5 nitrogen and oxygen atoms in total. The first-order chi connectivity index (χ1) is 11.6. The lowest BCUT2D eigenvalue weighted by atomic mass is 10.1. The summed E-state index contributed by atoms with van der Waals surface area (Å²) in [6.07, 6.45) is 3.34. The van der Waals surface area contributed by atoms with E-state index in [9.17, 15) is 9.59 Å². The zero-order valence-electron chi connectivity index (χ0n) is 13.7. The van der Waals surface area contributed by atoms with Crippen LogP contribution in [0.2, 0.25) is 0 Å². The maximum Gasteiger partial charge on any atom is 0.340 e. The topological polar surface area (TPSA) is 67.4 Å². The Bertz CT molecular complexity index is 737. The van der Waals surface area contributed by atoms with E-state index in [1.54, 1.807) is 43.5 Å². The molecule has 0 aliphatic rings. The molecule has 0 aliphatic carbocycles. The SMILES string of the molecule is CCOC(=O)c1ccccc1NC(=O)N/C=C/c1ccc(C)cc1. The minimum atomic E-state index is -0.469. The van der Waals surface area contributed by atoms with Crippen LogP contribution in [0.4, 0.5) is 10.5 Å². The van der Waals surface area contributed by atoms with E-state index in [1.807, 2.05) is 31.2 Å². The van der Waals surface area contributed by atoms with Crippen molar-refractivity contribution in [3.63, 3.8) is 0 Å². The van der Waals surface area contributed by atoms with Crippen LogP contribution in [0.5, 0.6) is 0 Å². The first-order valence-electron chi connectivity index (χ1n) is 7.67. The number of rotatable bonds is 5. The quantitative estimate of drug-likeness (QED) is 0.818. The molecule has 2 rings (SSSR count). The van der Waals surface area contributed by atoms with Gasteiger partial charge in [-0.25, -0.2) is 9.59 Å². The van der Waals surface area contributed by atoms with Crippen molar-refractivity contribution in [1.82, 2.24) is 5.32 Å². The van der Waals surface area contributed by atoms with Gasteiger partial charge in [-0.05, 0) is 37.6 Å².